The van der Waals surface area contributed by atoms with Gasteiger partial charge >= 0.3 is 6.01 Å². The van der Waals surface area contributed by atoms with Gasteiger partial charge in [0.05, 0.1) is 13.5 Å². The smallest absolute Gasteiger partial charge is 0.328 e. The zero-order chi connectivity index (χ0) is 20.0. The molecule has 3 atom stereocenters. The maximum Gasteiger partial charge on any atom is 0.328 e. The highest BCUT2D eigenvalue weighted by Gasteiger charge is 2.43. The maximum atomic E-state index is 12.7. The molecule has 9 heteroatoms. The lowest BCUT2D eigenvalue weighted by Crippen LogP contribution is -2.34. The first kappa shape index (κ1) is 18.4. The van der Waals surface area contributed by atoms with Gasteiger partial charge in [-0.05, 0) is 48.3 Å². The predicted octanol–water partition coefficient (Wildman–Crippen LogP) is 2.34. The van der Waals surface area contributed by atoms with E-state index in [0.717, 1.165) is 42.0 Å². The number of likely N-dealkylation sites (tertiary alicyclic amines) is 1. The quantitative estimate of drug-likeness (QED) is 0.692. The average Bonchev–Trinajstić information content (AvgIpc) is 3.48. The van der Waals surface area contributed by atoms with Crippen LogP contribution in [0.1, 0.15) is 17.8 Å². The summed E-state index contributed by atoms with van der Waals surface area (Å²) in [6, 6.07) is 5.02. The van der Waals surface area contributed by atoms with Crippen molar-refractivity contribution in [2.24, 2.45) is 11.8 Å². The van der Waals surface area contributed by atoms with Crippen molar-refractivity contribution >= 4 is 34.2 Å². The summed E-state index contributed by atoms with van der Waals surface area (Å²) in [6.45, 7) is 1.69. The molecular weight excluding hydrogens is 388 g/mol. The molecule has 0 radical (unpaired) electrons. The second-order valence-electron chi connectivity index (χ2n) is 7.98. The molecule has 1 N–H and O–H groups in total. The number of nitrogens with zero attached hydrogens (tertiary/aromatic N) is 5. The van der Waals surface area contributed by atoms with Gasteiger partial charge in [0.2, 0.25) is 5.91 Å². The van der Waals surface area contributed by atoms with Crippen molar-refractivity contribution in [3.63, 3.8) is 0 Å². The lowest BCUT2D eigenvalue weighted by atomic mass is 10.0. The Bertz CT molecular complexity index is 1020. The van der Waals surface area contributed by atoms with Crippen LogP contribution in [0.15, 0.2) is 24.5 Å². The molecule has 0 bridgehead atoms. The Hall–Kier alpha value is -2.68. The van der Waals surface area contributed by atoms with Gasteiger partial charge in [0, 0.05) is 49.6 Å². The second-order valence-corrected chi connectivity index (χ2v) is 8.81. The number of fused-ring (bicyclic) bond motifs is 2. The third-order valence-corrected chi connectivity index (χ3v) is 7.07. The highest BCUT2D eigenvalue weighted by Crippen LogP contribution is 2.42. The number of rotatable bonds is 5. The molecule has 3 aromatic rings. The summed E-state index contributed by atoms with van der Waals surface area (Å²) in [5, 5.41) is 1.88. The van der Waals surface area contributed by atoms with Crippen molar-refractivity contribution < 1.29 is 9.53 Å². The largest absolute Gasteiger partial charge is 0.466 e. The van der Waals surface area contributed by atoms with E-state index in [0.29, 0.717) is 30.3 Å². The first-order chi connectivity index (χ1) is 14.1. The monoisotopic (exact) mass is 412 g/mol. The number of nitrogens with one attached hydrogen (secondary N) is 1. The molecule has 1 saturated carbocycles. The minimum Gasteiger partial charge on any atom is -0.466 e. The van der Waals surface area contributed by atoms with E-state index >= 15 is 0 Å². The Morgan fingerprint density at radius 3 is 2.86 bits per heavy atom. The lowest BCUT2D eigenvalue weighted by molar-refractivity contribution is -0.129. The topological polar surface area (TPSA) is 87.2 Å². The number of aromatic amines is 1. The number of ether oxygens (including phenoxy) is 1. The number of hydrogen-bond acceptors (Lipinski definition) is 7. The fourth-order valence-corrected chi connectivity index (χ4v) is 5.48. The van der Waals surface area contributed by atoms with E-state index in [4.69, 9.17) is 4.74 Å². The molecule has 1 aliphatic heterocycles. The van der Waals surface area contributed by atoms with Gasteiger partial charge in [-0.25, -0.2) is 4.98 Å². The van der Waals surface area contributed by atoms with Gasteiger partial charge in [-0.2, -0.15) is 4.98 Å². The zero-order valence-electron chi connectivity index (χ0n) is 16.5. The van der Waals surface area contributed by atoms with Gasteiger partial charge in [-0.1, -0.05) is 0 Å². The van der Waals surface area contributed by atoms with Crippen LogP contribution in [0.3, 0.4) is 0 Å². The minimum absolute atomic E-state index is 0.145. The van der Waals surface area contributed by atoms with E-state index in [2.05, 4.69) is 43.4 Å². The van der Waals surface area contributed by atoms with E-state index in [1.165, 1.54) is 24.3 Å². The molecule has 1 saturated heterocycles. The van der Waals surface area contributed by atoms with Crippen LogP contribution in [0.4, 0.5) is 5.69 Å². The number of hydrogen-bond donors (Lipinski definition) is 1. The summed E-state index contributed by atoms with van der Waals surface area (Å²) >= 11 is 1.24. The van der Waals surface area contributed by atoms with Crippen molar-refractivity contribution in [3.05, 3.63) is 29.5 Å². The van der Waals surface area contributed by atoms with E-state index < -0.39 is 0 Å². The molecule has 3 aromatic heterocycles. The van der Waals surface area contributed by atoms with Crippen LogP contribution in [0, 0.1) is 11.8 Å². The zero-order valence-corrected chi connectivity index (χ0v) is 17.4. The van der Waals surface area contributed by atoms with Crippen LogP contribution >= 0.6 is 11.5 Å². The van der Waals surface area contributed by atoms with Crippen LogP contribution in [-0.2, 0) is 11.2 Å². The molecule has 5 rings (SSSR count). The summed E-state index contributed by atoms with van der Waals surface area (Å²) in [7, 11) is 3.72. The number of methoxy groups -OCH3 is 1. The van der Waals surface area contributed by atoms with Gasteiger partial charge in [0.25, 0.3) is 0 Å². The van der Waals surface area contributed by atoms with Crippen LogP contribution < -0.4 is 9.64 Å². The molecule has 8 nitrogen and oxygen atoms in total. The van der Waals surface area contributed by atoms with Crippen LogP contribution in [0.25, 0.3) is 11.0 Å². The first-order valence-electron chi connectivity index (χ1n) is 9.91. The molecule has 0 spiro atoms. The number of H-pyrrole nitrogens is 1. The number of amides is 1. The molecule has 152 valence electrons. The van der Waals surface area contributed by atoms with Crippen LogP contribution in [0.5, 0.6) is 6.01 Å². The van der Waals surface area contributed by atoms with Crippen molar-refractivity contribution in [2.75, 3.05) is 32.1 Å². The van der Waals surface area contributed by atoms with Gasteiger partial charge < -0.3 is 19.5 Å². The third kappa shape index (κ3) is 3.33. The van der Waals surface area contributed by atoms with Crippen molar-refractivity contribution in [1.29, 1.82) is 0 Å². The fourth-order valence-electron chi connectivity index (χ4n) is 4.87. The standard InChI is InChI=1S/C20H24N6O2S/c1-25(16-4-6-22-19-15(16)3-5-21-19)14-7-12-10-26(11-13(12)8-14)18(27)9-17-23-20(28-2)24-29-17/h3-6,12-14H,7-11H2,1-2H3,(H,21,22)/t12-,13+,14+. The molecule has 1 amide bonds. The van der Waals surface area contributed by atoms with Crippen LogP contribution in [-0.4, -0.2) is 63.4 Å². The summed E-state index contributed by atoms with van der Waals surface area (Å²) in [6.07, 6.45) is 6.35. The number of pyridine rings is 1. The van der Waals surface area contributed by atoms with E-state index in [-0.39, 0.29) is 5.91 Å². The SMILES string of the molecule is COc1nsc(CC(=O)N2C[C@H]3C[C@H](N(C)c4ccnc5[nH]ccc45)C[C@H]3C2)n1. The number of aromatic nitrogens is 4. The highest BCUT2D eigenvalue weighted by atomic mass is 32.1. The molecule has 4 heterocycles. The number of carbonyl (C=O) groups is 1. The van der Waals surface area contributed by atoms with E-state index in [1.807, 2.05) is 17.3 Å². The molecule has 2 aliphatic rings. The first-order valence-corrected chi connectivity index (χ1v) is 10.7. The minimum atomic E-state index is 0.145. The van der Waals surface area contributed by atoms with Crippen LogP contribution in [0.2, 0.25) is 0 Å². The second kappa shape index (κ2) is 7.29. The number of anilines is 1. The molecule has 1 aliphatic carbocycles. The summed E-state index contributed by atoms with van der Waals surface area (Å²) in [4.78, 5) is 28.9. The summed E-state index contributed by atoms with van der Waals surface area (Å²) < 4.78 is 9.08. The summed E-state index contributed by atoms with van der Waals surface area (Å²) in [5.74, 6) is 1.28. The Labute approximate surface area is 173 Å². The molecule has 29 heavy (non-hydrogen) atoms. The van der Waals surface area contributed by atoms with Crippen molar-refractivity contribution in [2.45, 2.75) is 25.3 Å². The average molecular weight is 413 g/mol. The van der Waals surface area contributed by atoms with Gasteiger partial charge in [-0.15, -0.1) is 4.37 Å². The van der Waals surface area contributed by atoms with Gasteiger partial charge in [0.15, 0.2) is 0 Å². The van der Waals surface area contributed by atoms with Crippen molar-refractivity contribution in [3.8, 4) is 6.01 Å². The summed E-state index contributed by atoms with van der Waals surface area (Å²) in [5.41, 5.74) is 2.15. The molecule has 2 fully saturated rings. The highest BCUT2D eigenvalue weighted by molar-refractivity contribution is 7.05. The maximum absolute atomic E-state index is 12.7. The predicted molar refractivity (Wildman–Crippen MR) is 111 cm³/mol. The van der Waals surface area contributed by atoms with E-state index in [9.17, 15) is 4.79 Å². The molecule has 0 unspecified atom stereocenters. The Morgan fingerprint density at radius 2 is 2.14 bits per heavy atom. The Morgan fingerprint density at radius 1 is 1.34 bits per heavy atom. The Kier molecular flexibility index (Phi) is 4.61. The normalized spacial score (nSPS) is 23.5. The Balaban J connectivity index is 1.21. The molecule has 0 aromatic carbocycles. The fraction of sp³-hybridized carbons (Fsp3) is 0.500. The third-order valence-electron chi connectivity index (χ3n) is 6.38. The van der Waals surface area contributed by atoms with Gasteiger partial charge in [-0.3, -0.25) is 4.79 Å². The van der Waals surface area contributed by atoms with Gasteiger partial charge in [0.1, 0.15) is 10.7 Å². The number of carbonyl (C=O) groups excluding carboxylic acids is 1. The van der Waals surface area contributed by atoms with Crippen molar-refractivity contribution in [1.82, 2.24) is 24.2 Å². The van der Waals surface area contributed by atoms with E-state index in [1.54, 1.807) is 0 Å². The molecular formula is C20H24N6O2S. The lowest BCUT2D eigenvalue weighted by Gasteiger charge is -2.29.